The second-order valence-corrected chi connectivity index (χ2v) is 10.4. The average Bonchev–Trinajstić information content (AvgIpc) is 3.17. The summed E-state index contributed by atoms with van der Waals surface area (Å²) in [5.74, 6) is 0.684. The van der Waals surface area contributed by atoms with Crippen LogP contribution in [-0.2, 0) is 11.8 Å². The predicted molar refractivity (Wildman–Crippen MR) is 124 cm³/mol. The van der Waals surface area contributed by atoms with Crippen LogP contribution in [0, 0.1) is 5.92 Å². The molecule has 6 nitrogen and oxygen atoms in total. The second kappa shape index (κ2) is 8.30. The lowest BCUT2D eigenvalue weighted by atomic mass is 9.90. The number of hydrogen-bond donors (Lipinski definition) is 1. The molecule has 2 unspecified atom stereocenters. The molecule has 1 aromatic carbocycles. The van der Waals surface area contributed by atoms with Crippen LogP contribution in [0.1, 0.15) is 56.8 Å². The molecular formula is C25H36N4O2. The first kappa shape index (κ1) is 21.9. The predicted octanol–water partition coefficient (Wildman–Crippen LogP) is 3.41. The quantitative estimate of drug-likeness (QED) is 0.800. The maximum Gasteiger partial charge on any atom is 0.253 e. The maximum absolute atomic E-state index is 12.9. The number of carbonyl (C=O) groups excluding carboxylic acids is 2. The van der Waals surface area contributed by atoms with Gasteiger partial charge in [-0.05, 0) is 58.4 Å². The Bertz CT molecular complexity index is 960. The van der Waals surface area contributed by atoms with Gasteiger partial charge in [0, 0.05) is 55.4 Å². The van der Waals surface area contributed by atoms with E-state index < -0.39 is 0 Å². The van der Waals surface area contributed by atoms with E-state index in [1.807, 2.05) is 54.0 Å². The monoisotopic (exact) mass is 424 g/mol. The molecule has 31 heavy (non-hydrogen) atoms. The summed E-state index contributed by atoms with van der Waals surface area (Å²) < 4.78 is 2.01. The summed E-state index contributed by atoms with van der Waals surface area (Å²) in [6.07, 6.45) is 6.34. The Hall–Kier alpha value is -2.34. The van der Waals surface area contributed by atoms with E-state index in [1.165, 1.54) is 0 Å². The molecule has 1 aromatic heterocycles. The fraction of sp³-hybridized carbons (Fsp3) is 0.600. The summed E-state index contributed by atoms with van der Waals surface area (Å²) in [6, 6.07) is 8.93. The number of rotatable bonds is 5. The van der Waals surface area contributed by atoms with Gasteiger partial charge >= 0.3 is 0 Å². The number of piperidine rings is 1. The molecule has 2 fully saturated rings. The molecule has 2 aromatic rings. The van der Waals surface area contributed by atoms with Crippen molar-refractivity contribution in [3.63, 3.8) is 0 Å². The zero-order valence-electron chi connectivity index (χ0n) is 19.5. The van der Waals surface area contributed by atoms with E-state index in [1.54, 1.807) is 0 Å². The van der Waals surface area contributed by atoms with Gasteiger partial charge in [0.25, 0.3) is 5.91 Å². The third-order valence-corrected chi connectivity index (χ3v) is 7.37. The molecule has 0 saturated carbocycles. The Morgan fingerprint density at radius 1 is 1.13 bits per heavy atom. The van der Waals surface area contributed by atoms with E-state index in [2.05, 4.69) is 31.0 Å². The van der Waals surface area contributed by atoms with E-state index >= 15 is 0 Å². The van der Waals surface area contributed by atoms with E-state index in [9.17, 15) is 9.59 Å². The van der Waals surface area contributed by atoms with E-state index in [0.717, 1.165) is 42.1 Å². The van der Waals surface area contributed by atoms with Crippen molar-refractivity contribution < 1.29 is 9.59 Å². The van der Waals surface area contributed by atoms with Gasteiger partial charge in [0.2, 0.25) is 5.91 Å². The Morgan fingerprint density at radius 2 is 1.77 bits per heavy atom. The van der Waals surface area contributed by atoms with Crippen molar-refractivity contribution in [2.75, 3.05) is 20.1 Å². The number of carbonyl (C=O) groups is 2. The van der Waals surface area contributed by atoms with Crippen molar-refractivity contribution in [1.82, 2.24) is 19.7 Å². The molecule has 168 valence electrons. The average molecular weight is 425 g/mol. The number of para-hydroxylation sites is 1. The van der Waals surface area contributed by atoms with Crippen LogP contribution in [-0.4, -0.2) is 63.9 Å². The SMILES string of the molecule is CN(C(=O)CN1C2CCC1CC(CNC(=O)c1cn(C)c3ccccc13)C2)C(C)(C)C. The molecule has 0 aliphatic carbocycles. The number of aryl methyl sites for hydroxylation is 1. The van der Waals surface area contributed by atoms with Crippen LogP contribution in [0.15, 0.2) is 30.5 Å². The van der Waals surface area contributed by atoms with E-state index in [-0.39, 0.29) is 17.4 Å². The first-order chi connectivity index (χ1) is 14.6. The molecule has 2 atom stereocenters. The molecule has 4 rings (SSSR count). The fourth-order valence-electron chi connectivity index (χ4n) is 5.30. The molecule has 2 saturated heterocycles. The topological polar surface area (TPSA) is 57.6 Å². The summed E-state index contributed by atoms with van der Waals surface area (Å²) >= 11 is 0. The number of aromatic nitrogens is 1. The van der Waals surface area contributed by atoms with Crippen LogP contribution in [0.25, 0.3) is 10.9 Å². The minimum absolute atomic E-state index is 0.00792. The van der Waals surface area contributed by atoms with E-state index in [4.69, 9.17) is 0 Å². The third kappa shape index (κ3) is 4.36. The Balaban J connectivity index is 1.34. The summed E-state index contributed by atoms with van der Waals surface area (Å²) in [4.78, 5) is 29.9. The van der Waals surface area contributed by atoms with Crippen LogP contribution in [0.4, 0.5) is 0 Å². The van der Waals surface area contributed by atoms with Crippen LogP contribution in [0.5, 0.6) is 0 Å². The molecule has 0 spiro atoms. The lowest BCUT2D eigenvalue weighted by Crippen LogP contribution is -2.52. The largest absolute Gasteiger partial charge is 0.352 e. The minimum Gasteiger partial charge on any atom is -0.352 e. The Labute approximate surface area is 185 Å². The van der Waals surface area contributed by atoms with Gasteiger partial charge in [0.05, 0.1) is 12.1 Å². The van der Waals surface area contributed by atoms with Gasteiger partial charge in [-0.25, -0.2) is 0 Å². The highest BCUT2D eigenvalue weighted by atomic mass is 16.2. The lowest BCUT2D eigenvalue weighted by molar-refractivity contribution is -0.136. The summed E-state index contributed by atoms with van der Waals surface area (Å²) in [6.45, 7) is 7.44. The fourth-order valence-corrected chi connectivity index (χ4v) is 5.30. The highest BCUT2D eigenvalue weighted by Gasteiger charge is 2.42. The summed E-state index contributed by atoms with van der Waals surface area (Å²) in [7, 11) is 3.88. The van der Waals surface area contributed by atoms with Crippen molar-refractivity contribution in [3.8, 4) is 0 Å². The van der Waals surface area contributed by atoms with Gasteiger partial charge in [-0.1, -0.05) is 18.2 Å². The van der Waals surface area contributed by atoms with Gasteiger partial charge in [-0.3, -0.25) is 14.5 Å². The van der Waals surface area contributed by atoms with Gasteiger partial charge < -0.3 is 14.8 Å². The Morgan fingerprint density at radius 3 is 2.42 bits per heavy atom. The van der Waals surface area contributed by atoms with Crippen LogP contribution in [0.3, 0.4) is 0 Å². The molecule has 2 aliphatic rings. The molecule has 2 aliphatic heterocycles. The molecular weight excluding hydrogens is 388 g/mol. The minimum atomic E-state index is -0.152. The zero-order chi connectivity index (χ0) is 22.3. The van der Waals surface area contributed by atoms with Crippen molar-refractivity contribution in [3.05, 3.63) is 36.0 Å². The van der Waals surface area contributed by atoms with Crippen molar-refractivity contribution in [2.24, 2.45) is 13.0 Å². The lowest BCUT2D eigenvalue weighted by Gasteiger charge is -2.40. The highest BCUT2D eigenvalue weighted by molar-refractivity contribution is 6.06. The molecule has 6 heteroatoms. The standard InChI is InChI=1S/C25H36N4O2/c1-25(2,3)28(5)23(30)16-29-18-10-11-19(29)13-17(12-18)14-26-24(31)21-15-27(4)22-9-7-6-8-20(21)22/h6-9,15,17-19H,10-14,16H2,1-5H3,(H,26,31). The van der Waals surface area contributed by atoms with Gasteiger partial charge in [-0.2, -0.15) is 0 Å². The third-order valence-electron chi connectivity index (χ3n) is 7.37. The highest BCUT2D eigenvalue weighted by Crippen LogP contribution is 2.38. The number of hydrogen-bond acceptors (Lipinski definition) is 3. The smallest absolute Gasteiger partial charge is 0.253 e. The summed E-state index contributed by atoms with van der Waals surface area (Å²) in [5, 5.41) is 4.19. The van der Waals surface area contributed by atoms with Crippen LogP contribution in [0.2, 0.25) is 0 Å². The van der Waals surface area contributed by atoms with Crippen molar-refractivity contribution in [1.29, 1.82) is 0 Å². The first-order valence-corrected chi connectivity index (χ1v) is 11.5. The number of likely N-dealkylation sites (N-methyl/N-ethyl adjacent to an activating group) is 1. The van der Waals surface area contributed by atoms with Gasteiger partial charge in [0.1, 0.15) is 0 Å². The molecule has 2 bridgehead atoms. The molecule has 2 amide bonds. The van der Waals surface area contributed by atoms with Crippen LogP contribution < -0.4 is 5.32 Å². The number of fused-ring (bicyclic) bond motifs is 3. The van der Waals surface area contributed by atoms with Gasteiger partial charge in [0.15, 0.2) is 0 Å². The van der Waals surface area contributed by atoms with Crippen molar-refractivity contribution in [2.45, 2.75) is 64.1 Å². The van der Waals surface area contributed by atoms with E-state index in [0.29, 0.717) is 31.1 Å². The van der Waals surface area contributed by atoms with Crippen LogP contribution >= 0.6 is 0 Å². The van der Waals surface area contributed by atoms with Crippen molar-refractivity contribution >= 4 is 22.7 Å². The zero-order valence-corrected chi connectivity index (χ0v) is 19.5. The number of nitrogens with one attached hydrogen (secondary N) is 1. The van der Waals surface area contributed by atoms with Gasteiger partial charge in [-0.15, -0.1) is 0 Å². The maximum atomic E-state index is 12.9. The number of benzene rings is 1. The number of nitrogens with zero attached hydrogens (tertiary/aromatic N) is 3. The second-order valence-electron chi connectivity index (χ2n) is 10.4. The Kier molecular flexibility index (Phi) is 5.86. The normalized spacial score (nSPS) is 23.8. The molecule has 3 heterocycles. The number of amides is 2. The summed E-state index contributed by atoms with van der Waals surface area (Å²) in [5.41, 5.74) is 1.67. The first-order valence-electron chi connectivity index (χ1n) is 11.5. The molecule has 0 radical (unpaired) electrons. The molecule has 1 N–H and O–H groups in total.